The van der Waals surface area contributed by atoms with Gasteiger partial charge in [0.05, 0.1) is 11.4 Å². The molecule has 7 heteroatoms. The van der Waals surface area contributed by atoms with Crippen LogP contribution in [0.1, 0.15) is 5.56 Å². The Kier molecular flexibility index (Phi) is 4.85. The predicted molar refractivity (Wildman–Crippen MR) is 100 cm³/mol. The maximum atomic E-state index is 11.4. The van der Waals surface area contributed by atoms with Crippen LogP contribution in [0.4, 0.5) is 11.6 Å². The Morgan fingerprint density at radius 2 is 1.92 bits per heavy atom. The molecule has 130 valence electrons. The van der Waals surface area contributed by atoms with Crippen molar-refractivity contribution >= 4 is 29.3 Å². The highest BCUT2D eigenvalue weighted by Crippen LogP contribution is 2.32. The van der Waals surface area contributed by atoms with E-state index in [2.05, 4.69) is 37.2 Å². The van der Waals surface area contributed by atoms with Crippen molar-refractivity contribution in [3.8, 4) is 0 Å². The lowest BCUT2D eigenvalue weighted by Crippen LogP contribution is -2.47. The number of benzene rings is 1. The van der Waals surface area contributed by atoms with Crippen molar-refractivity contribution in [3.63, 3.8) is 0 Å². The number of hydrogen-bond donors (Lipinski definition) is 1. The Morgan fingerprint density at radius 1 is 1.12 bits per heavy atom. The lowest BCUT2D eigenvalue weighted by atomic mass is 10.1. The van der Waals surface area contributed by atoms with E-state index in [1.165, 1.54) is 10.5 Å². The zero-order valence-electron chi connectivity index (χ0n) is 14.0. The van der Waals surface area contributed by atoms with E-state index in [4.69, 9.17) is 0 Å². The van der Waals surface area contributed by atoms with Crippen LogP contribution in [0, 0.1) is 0 Å². The number of fused-ring (bicyclic) bond motifs is 1. The number of amides is 1. The predicted octanol–water partition coefficient (Wildman–Crippen LogP) is 1.89. The smallest absolute Gasteiger partial charge is 0.234 e. The van der Waals surface area contributed by atoms with Gasteiger partial charge in [-0.15, -0.1) is 11.8 Å². The highest BCUT2D eigenvalue weighted by Gasteiger charge is 2.19. The van der Waals surface area contributed by atoms with Crippen molar-refractivity contribution in [1.82, 2.24) is 14.9 Å². The summed E-state index contributed by atoms with van der Waals surface area (Å²) in [5.41, 5.74) is 2.28. The first-order valence-corrected chi connectivity index (χ1v) is 9.56. The van der Waals surface area contributed by atoms with E-state index < -0.39 is 0 Å². The molecule has 2 aliphatic heterocycles. The van der Waals surface area contributed by atoms with Gasteiger partial charge >= 0.3 is 0 Å². The van der Waals surface area contributed by atoms with Crippen molar-refractivity contribution in [2.75, 3.05) is 48.7 Å². The first kappa shape index (κ1) is 16.4. The van der Waals surface area contributed by atoms with E-state index in [0.29, 0.717) is 5.75 Å². The largest absolute Gasteiger partial charge is 0.338 e. The van der Waals surface area contributed by atoms with Crippen LogP contribution in [0.2, 0.25) is 0 Å². The Morgan fingerprint density at radius 3 is 2.72 bits per heavy atom. The van der Waals surface area contributed by atoms with Gasteiger partial charge in [0.2, 0.25) is 11.9 Å². The molecule has 1 saturated heterocycles. The Hall–Kier alpha value is -2.12. The molecule has 0 saturated carbocycles. The van der Waals surface area contributed by atoms with Crippen molar-refractivity contribution in [3.05, 3.63) is 42.2 Å². The van der Waals surface area contributed by atoms with Gasteiger partial charge in [0.25, 0.3) is 0 Å². The monoisotopic (exact) mass is 355 g/mol. The molecule has 6 nitrogen and oxygen atoms in total. The van der Waals surface area contributed by atoms with Crippen molar-refractivity contribution < 1.29 is 4.79 Å². The van der Waals surface area contributed by atoms with Gasteiger partial charge in [0.1, 0.15) is 0 Å². The summed E-state index contributed by atoms with van der Waals surface area (Å²) in [6, 6.07) is 8.22. The number of nitrogens with zero attached hydrogens (tertiary/aromatic N) is 4. The summed E-state index contributed by atoms with van der Waals surface area (Å²) in [6.45, 7) is 5.06. The first-order chi connectivity index (χ1) is 12.3. The van der Waals surface area contributed by atoms with E-state index in [9.17, 15) is 4.79 Å². The molecule has 0 spiro atoms. The molecule has 4 rings (SSSR count). The van der Waals surface area contributed by atoms with Crippen LogP contribution in [-0.4, -0.2) is 59.3 Å². The molecule has 0 bridgehead atoms. The number of anilines is 2. The molecule has 0 atom stereocenters. The summed E-state index contributed by atoms with van der Waals surface area (Å²) < 4.78 is 0. The number of thioether (sulfide) groups is 1. The molecule has 25 heavy (non-hydrogen) atoms. The molecule has 2 aromatic rings. The fraction of sp³-hybridized carbons (Fsp3) is 0.389. The third-order valence-corrected chi connectivity index (χ3v) is 5.66. The van der Waals surface area contributed by atoms with Crippen LogP contribution < -0.4 is 10.2 Å². The maximum absolute atomic E-state index is 11.4. The van der Waals surface area contributed by atoms with Gasteiger partial charge in [0, 0.05) is 50.0 Å². The fourth-order valence-electron chi connectivity index (χ4n) is 3.19. The third-order valence-electron chi connectivity index (χ3n) is 4.60. The van der Waals surface area contributed by atoms with Crippen LogP contribution in [0.25, 0.3) is 0 Å². The molecule has 1 aromatic carbocycles. The molecule has 0 aliphatic carbocycles. The number of rotatable bonds is 4. The molecular formula is C18H21N5OS. The molecule has 2 aliphatic rings. The topological polar surface area (TPSA) is 61.4 Å². The second-order valence-electron chi connectivity index (χ2n) is 6.29. The lowest BCUT2D eigenvalue weighted by molar-refractivity contribution is -0.113. The summed E-state index contributed by atoms with van der Waals surface area (Å²) in [4.78, 5) is 26.0. The Balaban J connectivity index is 1.29. The molecule has 0 radical (unpaired) electrons. The zero-order valence-corrected chi connectivity index (χ0v) is 14.8. The van der Waals surface area contributed by atoms with Gasteiger partial charge in [-0.3, -0.25) is 9.69 Å². The standard InChI is InChI=1S/C18H21N5OS/c24-17-13-25-16-12-14(2-3-15(16)21-17)4-7-22-8-10-23(11-9-22)18-19-5-1-6-20-18/h1-3,5-6,12H,4,7-11,13H2,(H,21,24). The van der Waals surface area contributed by atoms with Crippen LogP contribution in [0.3, 0.4) is 0 Å². The molecule has 3 heterocycles. The van der Waals surface area contributed by atoms with Gasteiger partial charge in [-0.25, -0.2) is 9.97 Å². The van der Waals surface area contributed by atoms with Crippen molar-refractivity contribution in [2.45, 2.75) is 11.3 Å². The SMILES string of the molecule is O=C1CSc2cc(CCN3CCN(c4ncccn4)CC3)ccc2N1. The van der Waals surface area contributed by atoms with Gasteiger partial charge in [0.15, 0.2) is 0 Å². The molecule has 1 aromatic heterocycles. The van der Waals surface area contributed by atoms with Gasteiger partial charge in [-0.1, -0.05) is 6.07 Å². The van der Waals surface area contributed by atoms with Crippen LogP contribution >= 0.6 is 11.8 Å². The van der Waals surface area contributed by atoms with Crippen molar-refractivity contribution in [2.24, 2.45) is 0 Å². The number of piperazine rings is 1. The summed E-state index contributed by atoms with van der Waals surface area (Å²) in [7, 11) is 0. The van der Waals surface area contributed by atoms with E-state index >= 15 is 0 Å². The van der Waals surface area contributed by atoms with E-state index in [1.807, 2.05) is 12.1 Å². The minimum absolute atomic E-state index is 0.0884. The zero-order chi connectivity index (χ0) is 17.1. The summed E-state index contributed by atoms with van der Waals surface area (Å²) in [6.07, 6.45) is 4.63. The van der Waals surface area contributed by atoms with Crippen LogP contribution in [0.5, 0.6) is 0 Å². The summed E-state index contributed by atoms with van der Waals surface area (Å²) in [5, 5.41) is 2.93. The number of hydrogen-bond acceptors (Lipinski definition) is 6. The lowest BCUT2D eigenvalue weighted by Gasteiger charge is -2.34. The summed E-state index contributed by atoms with van der Waals surface area (Å²) in [5.74, 6) is 1.43. The molecule has 0 unspecified atom stereocenters. The van der Waals surface area contributed by atoms with Crippen LogP contribution in [-0.2, 0) is 11.2 Å². The molecule has 1 fully saturated rings. The number of carbonyl (C=O) groups is 1. The number of carbonyl (C=O) groups excluding carboxylic acids is 1. The Bertz CT molecular complexity index is 746. The highest BCUT2D eigenvalue weighted by atomic mass is 32.2. The van der Waals surface area contributed by atoms with Crippen molar-refractivity contribution in [1.29, 1.82) is 0 Å². The highest BCUT2D eigenvalue weighted by molar-refractivity contribution is 8.00. The van der Waals surface area contributed by atoms with E-state index in [1.54, 1.807) is 24.2 Å². The Labute approximate surface area is 151 Å². The minimum Gasteiger partial charge on any atom is -0.338 e. The van der Waals surface area contributed by atoms with Gasteiger partial charge in [-0.2, -0.15) is 0 Å². The quantitative estimate of drug-likeness (QED) is 0.904. The van der Waals surface area contributed by atoms with Gasteiger partial charge < -0.3 is 10.2 Å². The molecule has 1 amide bonds. The minimum atomic E-state index is 0.0884. The average Bonchev–Trinajstić information content (AvgIpc) is 2.67. The second-order valence-corrected chi connectivity index (χ2v) is 7.31. The molecule has 1 N–H and O–H groups in total. The van der Waals surface area contributed by atoms with E-state index in [-0.39, 0.29) is 5.91 Å². The van der Waals surface area contributed by atoms with E-state index in [0.717, 1.165) is 50.8 Å². The maximum Gasteiger partial charge on any atom is 0.234 e. The summed E-state index contributed by atoms with van der Waals surface area (Å²) >= 11 is 1.62. The fourth-order valence-corrected chi connectivity index (χ4v) is 4.06. The van der Waals surface area contributed by atoms with Crippen LogP contribution in [0.15, 0.2) is 41.6 Å². The second kappa shape index (κ2) is 7.41. The normalized spacial score (nSPS) is 17.9. The average molecular weight is 355 g/mol. The first-order valence-electron chi connectivity index (χ1n) is 8.58. The number of aromatic nitrogens is 2. The molecular weight excluding hydrogens is 334 g/mol. The van der Waals surface area contributed by atoms with Gasteiger partial charge in [-0.05, 0) is 30.2 Å². The third kappa shape index (κ3) is 3.93. The number of nitrogens with one attached hydrogen (secondary N) is 1.